The van der Waals surface area contributed by atoms with Gasteiger partial charge in [-0.15, -0.1) is 11.3 Å². The van der Waals surface area contributed by atoms with Crippen LogP contribution < -0.4 is 5.32 Å². The highest BCUT2D eigenvalue weighted by molar-refractivity contribution is 7.13. The first-order valence-corrected chi connectivity index (χ1v) is 8.69. The summed E-state index contributed by atoms with van der Waals surface area (Å²) in [7, 11) is 0. The van der Waals surface area contributed by atoms with E-state index in [4.69, 9.17) is 4.42 Å². The molecule has 2 aromatic heterocycles. The van der Waals surface area contributed by atoms with Gasteiger partial charge in [0.25, 0.3) is 5.91 Å². The summed E-state index contributed by atoms with van der Waals surface area (Å²) in [5.74, 6) is 0.818. The predicted octanol–water partition coefficient (Wildman–Crippen LogP) is 4.81. The van der Waals surface area contributed by atoms with Gasteiger partial charge in [0.05, 0.1) is 5.69 Å². The van der Waals surface area contributed by atoms with Crippen molar-refractivity contribution in [1.82, 2.24) is 4.98 Å². The number of carbonyl (C=O) groups is 1. The number of carbonyl (C=O) groups excluding carboxylic acids is 1. The summed E-state index contributed by atoms with van der Waals surface area (Å²) in [6, 6.07) is 7.91. The van der Waals surface area contributed by atoms with E-state index in [1.165, 1.54) is 33.6 Å². The molecule has 0 atom stereocenters. The summed E-state index contributed by atoms with van der Waals surface area (Å²) in [5.41, 5.74) is 5.88. The lowest BCUT2D eigenvalue weighted by Gasteiger charge is -2.09. The Labute approximate surface area is 145 Å². The Morgan fingerprint density at radius 3 is 2.50 bits per heavy atom. The van der Waals surface area contributed by atoms with E-state index in [9.17, 15) is 4.79 Å². The third kappa shape index (κ3) is 3.57. The summed E-state index contributed by atoms with van der Waals surface area (Å²) in [6.07, 6.45) is 0.682. The Kier molecular flexibility index (Phi) is 4.53. The van der Waals surface area contributed by atoms with Crippen LogP contribution in [-0.4, -0.2) is 10.9 Å². The van der Waals surface area contributed by atoms with Crippen molar-refractivity contribution in [2.75, 3.05) is 5.32 Å². The maximum atomic E-state index is 12.2. The zero-order valence-electron chi connectivity index (χ0n) is 14.3. The maximum Gasteiger partial charge on any atom is 0.293 e. The van der Waals surface area contributed by atoms with Crippen molar-refractivity contribution >= 4 is 22.4 Å². The highest BCUT2D eigenvalue weighted by atomic mass is 32.1. The zero-order valence-corrected chi connectivity index (χ0v) is 15.1. The number of hydrogen-bond donors (Lipinski definition) is 1. The molecule has 1 N–H and O–H groups in total. The summed E-state index contributed by atoms with van der Waals surface area (Å²) in [6.45, 7) is 8.20. The highest BCUT2D eigenvalue weighted by Crippen LogP contribution is 2.22. The lowest BCUT2D eigenvalue weighted by molar-refractivity contribution is 0.0995. The van der Waals surface area contributed by atoms with Crippen LogP contribution in [0, 0.1) is 27.7 Å². The van der Waals surface area contributed by atoms with Gasteiger partial charge in [-0.25, -0.2) is 4.98 Å². The van der Waals surface area contributed by atoms with Gasteiger partial charge in [-0.1, -0.05) is 17.7 Å². The minimum absolute atomic E-state index is 0.270. The van der Waals surface area contributed by atoms with Gasteiger partial charge in [-0.05, 0) is 56.5 Å². The van der Waals surface area contributed by atoms with Crippen molar-refractivity contribution in [2.24, 2.45) is 0 Å². The molecule has 4 nitrogen and oxygen atoms in total. The number of furan rings is 1. The maximum absolute atomic E-state index is 12.2. The minimum Gasteiger partial charge on any atom is -0.456 e. The van der Waals surface area contributed by atoms with Crippen LogP contribution in [0.4, 0.5) is 5.13 Å². The van der Waals surface area contributed by atoms with Gasteiger partial charge < -0.3 is 4.42 Å². The number of thiazole rings is 1. The Morgan fingerprint density at radius 2 is 1.88 bits per heavy atom. The number of aromatic nitrogens is 1. The molecule has 3 rings (SSSR count). The van der Waals surface area contributed by atoms with Crippen molar-refractivity contribution in [3.05, 3.63) is 69.1 Å². The molecular formula is C19H20N2O2S. The van der Waals surface area contributed by atoms with Crippen LogP contribution in [0.3, 0.4) is 0 Å². The lowest BCUT2D eigenvalue weighted by atomic mass is 9.97. The smallest absolute Gasteiger partial charge is 0.293 e. The topological polar surface area (TPSA) is 55.1 Å². The van der Waals surface area contributed by atoms with Crippen LogP contribution in [0.25, 0.3) is 0 Å². The number of hydrogen-bond acceptors (Lipinski definition) is 4. The number of aryl methyl sites for hydroxylation is 4. The molecule has 0 bridgehead atoms. The molecule has 0 unspecified atom stereocenters. The second-order valence-corrected chi connectivity index (χ2v) is 6.93. The molecule has 0 radical (unpaired) electrons. The van der Waals surface area contributed by atoms with Crippen molar-refractivity contribution in [2.45, 2.75) is 34.1 Å². The third-order valence-corrected chi connectivity index (χ3v) is 4.79. The van der Waals surface area contributed by atoms with Gasteiger partial charge in [0.1, 0.15) is 5.76 Å². The fraction of sp³-hybridized carbons (Fsp3) is 0.263. The molecule has 3 aromatic rings. The first-order chi connectivity index (χ1) is 11.4. The van der Waals surface area contributed by atoms with Gasteiger partial charge in [0.15, 0.2) is 10.9 Å². The molecule has 0 saturated carbocycles. The molecule has 24 heavy (non-hydrogen) atoms. The van der Waals surface area contributed by atoms with E-state index in [1.807, 2.05) is 18.4 Å². The second-order valence-electron chi connectivity index (χ2n) is 6.07. The molecule has 0 saturated heterocycles. The first kappa shape index (κ1) is 16.5. The van der Waals surface area contributed by atoms with Gasteiger partial charge in [-0.3, -0.25) is 10.1 Å². The van der Waals surface area contributed by atoms with Crippen molar-refractivity contribution < 1.29 is 9.21 Å². The van der Waals surface area contributed by atoms with Gasteiger partial charge >= 0.3 is 0 Å². The molecule has 5 heteroatoms. The lowest BCUT2D eigenvalue weighted by Crippen LogP contribution is -2.10. The second kappa shape index (κ2) is 6.61. The summed E-state index contributed by atoms with van der Waals surface area (Å²) >= 11 is 1.40. The Hall–Kier alpha value is -2.40. The van der Waals surface area contributed by atoms with E-state index >= 15 is 0 Å². The Bertz CT molecular complexity index is 869. The normalized spacial score (nSPS) is 10.8. The number of benzene rings is 1. The van der Waals surface area contributed by atoms with Crippen LogP contribution in [0.15, 0.2) is 34.1 Å². The standard InChI is InChI=1S/C19H20N2O2S/c1-11-7-12(2)16(13(3)8-11)9-15-5-6-17(23-15)18(22)21-19-20-14(4)10-24-19/h5-8,10H,9H2,1-4H3,(H,20,21,22). The van der Waals surface area contributed by atoms with E-state index in [0.29, 0.717) is 17.3 Å². The Morgan fingerprint density at radius 1 is 1.17 bits per heavy atom. The molecule has 1 aromatic carbocycles. The van der Waals surface area contributed by atoms with Crippen molar-refractivity contribution in [1.29, 1.82) is 0 Å². The molecule has 2 heterocycles. The van der Waals surface area contributed by atoms with Crippen molar-refractivity contribution in [3.8, 4) is 0 Å². The molecule has 0 aliphatic heterocycles. The molecular weight excluding hydrogens is 320 g/mol. The van der Waals surface area contributed by atoms with Crippen LogP contribution in [0.2, 0.25) is 0 Å². The predicted molar refractivity (Wildman–Crippen MR) is 97.0 cm³/mol. The van der Waals surface area contributed by atoms with Crippen LogP contribution in [0.5, 0.6) is 0 Å². The average Bonchev–Trinajstić information content (AvgIpc) is 3.12. The van der Waals surface area contributed by atoms with Gasteiger partial charge in [-0.2, -0.15) is 0 Å². The average molecular weight is 340 g/mol. The van der Waals surface area contributed by atoms with E-state index in [0.717, 1.165) is 11.5 Å². The van der Waals surface area contributed by atoms with E-state index < -0.39 is 0 Å². The first-order valence-electron chi connectivity index (χ1n) is 7.81. The molecule has 124 valence electrons. The summed E-state index contributed by atoms with van der Waals surface area (Å²) in [5, 5.41) is 5.24. The molecule has 1 amide bonds. The van der Waals surface area contributed by atoms with E-state index in [2.05, 4.69) is 43.2 Å². The molecule has 0 spiro atoms. The Balaban J connectivity index is 1.75. The quantitative estimate of drug-likeness (QED) is 0.741. The van der Waals surface area contributed by atoms with E-state index in [1.54, 1.807) is 6.07 Å². The summed E-state index contributed by atoms with van der Waals surface area (Å²) < 4.78 is 5.73. The highest BCUT2D eigenvalue weighted by Gasteiger charge is 2.14. The third-order valence-electron chi connectivity index (χ3n) is 3.92. The fourth-order valence-corrected chi connectivity index (χ4v) is 3.51. The molecule has 0 aliphatic rings. The number of rotatable bonds is 4. The number of nitrogens with one attached hydrogen (secondary N) is 1. The van der Waals surface area contributed by atoms with E-state index in [-0.39, 0.29) is 5.91 Å². The monoisotopic (exact) mass is 340 g/mol. The largest absolute Gasteiger partial charge is 0.456 e. The van der Waals surface area contributed by atoms with Gasteiger partial charge in [0, 0.05) is 11.8 Å². The zero-order chi connectivity index (χ0) is 17.3. The fourth-order valence-electron chi connectivity index (χ4n) is 2.83. The molecule has 0 aliphatic carbocycles. The number of anilines is 1. The molecule has 0 fully saturated rings. The SMILES string of the molecule is Cc1cc(C)c(Cc2ccc(C(=O)Nc3nc(C)cs3)o2)c(C)c1. The minimum atomic E-state index is -0.270. The number of nitrogens with zero attached hydrogens (tertiary/aromatic N) is 1. The van der Waals surface area contributed by atoms with Crippen LogP contribution >= 0.6 is 11.3 Å². The van der Waals surface area contributed by atoms with Crippen LogP contribution in [-0.2, 0) is 6.42 Å². The van der Waals surface area contributed by atoms with Gasteiger partial charge in [0.2, 0.25) is 0 Å². The summed E-state index contributed by atoms with van der Waals surface area (Å²) in [4.78, 5) is 16.5. The van der Waals surface area contributed by atoms with Crippen LogP contribution in [0.1, 0.15) is 44.3 Å². The number of amides is 1. The van der Waals surface area contributed by atoms with Crippen molar-refractivity contribution in [3.63, 3.8) is 0 Å².